The first-order chi connectivity index (χ1) is 9.12. The molecule has 112 valence electrons. The van der Waals surface area contributed by atoms with Crippen molar-refractivity contribution in [1.82, 2.24) is 5.32 Å². The summed E-state index contributed by atoms with van der Waals surface area (Å²) in [7, 11) is -3.70. The normalized spacial score (nSPS) is 14.9. The lowest BCUT2D eigenvalue weighted by atomic mass is 10.0. The number of nitrogens with two attached hydrogens (primary N) is 2. The Bertz CT molecular complexity index is 567. The van der Waals surface area contributed by atoms with E-state index in [9.17, 15) is 13.2 Å². The third-order valence-corrected chi connectivity index (χ3v) is 4.02. The van der Waals surface area contributed by atoms with E-state index in [1.54, 1.807) is 19.1 Å². The first kappa shape index (κ1) is 16.6. The number of hydrogen-bond acceptors (Lipinski definition) is 4. The molecule has 0 radical (unpaired) electrons. The van der Waals surface area contributed by atoms with Crippen molar-refractivity contribution < 1.29 is 13.2 Å². The molecule has 2 atom stereocenters. The van der Waals surface area contributed by atoms with Gasteiger partial charge in [0.15, 0.2) is 0 Å². The van der Waals surface area contributed by atoms with E-state index in [1.165, 1.54) is 12.1 Å². The van der Waals surface area contributed by atoms with Crippen LogP contribution in [0.25, 0.3) is 0 Å². The molecule has 0 aliphatic carbocycles. The molecule has 0 heterocycles. The summed E-state index contributed by atoms with van der Waals surface area (Å²) in [4.78, 5) is 11.9. The van der Waals surface area contributed by atoms with Crippen LogP contribution in [-0.4, -0.2) is 20.4 Å². The summed E-state index contributed by atoms with van der Waals surface area (Å²) in [6, 6.07) is 5.23. The molecule has 1 rings (SSSR count). The number of hydrogen-bond donors (Lipinski definition) is 3. The molecule has 1 aromatic rings. The van der Waals surface area contributed by atoms with Crippen molar-refractivity contribution >= 4 is 15.9 Å². The SMILES string of the molecule is CC(NC(=O)[C@H](N)C(C)C)c1ccc(S(N)(=O)=O)cc1. The zero-order chi connectivity index (χ0) is 15.5. The Balaban J connectivity index is 2.79. The lowest BCUT2D eigenvalue weighted by Gasteiger charge is -2.20. The van der Waals surface area contributed by atoms with Crippen LogP contribution in [-0.2, 0) is 14.8 Å². The monoisotopic (exact) mass is 299 g/mol. The van der Waals surface area contributed by atoms with Crippen molar-refractivity contribution in [3.05, 3.63) is 29.8 Å². The third-order valence-electron chi connectivity index (χ3n) is 3.09. The van der Waals surface area contributed by atoms with Crippen LogP contribution in [0.4, 0.5) is 0 Å². The summed E-state index contributed by atoms with van der Waals surface area (Å²) in [5.74, 6) is -0.185. The van der Waals surface area contributed by atoms with E-state index in [-0.39, 0.29) is 22.8 Å². The van der Waals surface area contributed by atoms with Crippen molar-refractivity contribution in [1.29, 1.82) is 0 Å². The highest BCUT2D eigenvalue weighted by Gasteiger charge is 2.19. The second kappa shape index (κ2) is 6.34. The van der Waals surface area contributed by atoms with Crippen LogP contribution in [0.2, 0.25) is 0 Å². The largest absolute Gasteiger partial charge is 0.348 e. The van der Waals surface area contributed by atoms with Gasteiger partial charge in [-0.2, -0.15) is 0 Å². The standard InChI is InChI=1S/C13H21N3O3S/c1-8(2)12(14)13(17)16-9(3)10-4-6-11(7-5-10)20(15,18)19/h4-9,12H,14H2,1-3H3,(H,16,17)(H2,15,18,19)/t9?,12-/m1/s1. The fraction of sp³-hybridized carbons (Fsp3) is 0.462. The van der Waals surface area contributed by atoms with Crippen LogP contribution in [0.5, 0.6) is 0 Å². The second-order valence-corrected chi connectivity index (χ2v) is 6.68. The number of sulfonamides is 1. The van der Waals surface area contributed by atoms with Crippen molar-refractivity contribution in [2.75, 3.05) is 0 Å². The Labute approximate surface area is 119 Å². The van der Waals surface area contributed by atoms with Crippen LogP contribution in [0, 0.1) is 5.92 Å². The molecule has 1 aromatic carbocycles. The van der Waals surface area contributed by atoms with E-state index in [4.69, 9.17) is 10.9 Å². The lowest BCUT2D eigenvalue weighted by Crippen LogP contribution is -2.44. The van der Waals surface area contributed by atoms with E-state index in [0.29, 0.717) is 0 Å². The molecule has 0 spiro atoms. The highest BCUT2D eigenvalue weighted by atomic mass is 32.2. The quantitative estimate of drug-likeness (QED) is 0.734. The number of carbonyl (C=O) groups excluding carboxylic acids is 1. The average molecular weight is 299 g/mol. The molecule has 20 heavy (non-hydrogen) atoms. The predicted molar refractivity (Wildman–Crippen MR) is 77.2 cm³/mol. The molecule has 0 saturated carbocycles. The molecule has 0 bridgehead atoms. The van der Waals surface area contributed by atoms with Crippen molar-refractivity contribution in [3.63, 3.8) is 0 Å². The molecule has 0 saturated heterocycles. The predicted octanol–water partition coefficient (Wildman–Crippen LogP) is 0.495. The van der Waals surface area contributed by atoms with Gasteiger partial charge in [-0.05, 0) is 30.5 Å². The van der Waals surface area contributed by atoms with Crippen LogP contribution in [0.3, 0.4) is 0 Å². The highest BCUT2D eigenvalue weighted by Crippen LogP contribution is 2.15. The molecule has 0 aliphatic heterocycles. The maximum absolute atomic E-state index is 11.8. The average Bonchev–Trinajstić information content (AvgIpc) is 2.36. The summed E-state index contributed by atoms with van der Waals surface area (Å²) in [5.41, 5.74) is 6.54. The van der Waals surface area contributed by atoms with Gasteiger partial charge in [0, 0.05) is 0 Å². The van der Waals surface area contributed by atoms with Gasteiger partial charge in [-0.3, -0.25) is 4.79 Å². The van der Waals surface area contributed by atoms with Crippen molar-refractivity contribution in [2.45, 2.75) is 37.8 Å². The van der Waals surface area contributed by atoms with Crippen molar-refractivity contribution in [2.24, 2.45) is 16.8 Å². The fourth-order valence-electron chi connectivity index (χ4n) is 1.64. The van der Waals surface area contributed by atoms with Gasteiger partial charge in [-0.15, -0.1) is 0 Å². The van der Waals surface area contributed by atoms with E-state index in [1.807, 2.05) is 13.8 Å². The van der Waals surface area contributed by atoms with E-state index >= 15 is 0 Å². The van der Waals surface area contributed by atoms with E-state index < -0.39 is 16.1 Å². The summed E-state index contributed by atoms with van der Waals surface area (Å²) in [6.07, 6.45) is 0. The van der Waals surface area contributed by atoms with Gasteiger partial charge in [-0.25, -0.2) is 13.6 Å². The molecule has 0 aliphatic rings. The van der Waals surface area contributed by atoms with Gasteiger partial charge in [0.05, 0.1) is 17.0 Å². The highest BCUT2D eigenvalue weighted by molar-refractivity contribution is 7.89. The molecular formula is C13H21N3O3S. The van der Waals surface area contributed by atoms with Gasteiger partial charge >= 0.3 is 0 Å². The molecule has 5 N–H and O–H groups in total. The van der Waals surface area contributed by atoms with Gasteiger partial charge in [0.2, 0.25) is 15.9 Å². The van der Waals surface area contributed by atoms with Gasteiger partial charge in [0.1, 0.15) is 0 Å². The molecule has 0 aromatic heterocycles. The van der Waals surface area contributed by atoms with Crippen LogP contribution in [0.15, 0.2) is 29.2 Å². The third kappa shape index (κ3) is 4.29. The van der Waals surface area contributed by atoms with Crippen molar-refractivity contribution in [3.8, 4) is 0 Å². The summed E-state index contributed by atoms with van der Waals surface area (Å²) in [5, 5.41) is 7.81. The minimum absolute atomic E-state index is 0.0404. The Hall–Kier alpha value is -1.44. The molecule has 0 fully saturated rings. The number of benzene rings is 1. The number of primary sulfonamides is 1. The smallest absolute Gasteiger partial charge is 0.238 e. The summed E-state index contributed by atoms with van der Waals surface area (Å²) < 4.78 is 22.3. The molecule has 7 heteroatoms. The first-order valence-corrected chi connectivity index (χ1v) is 7.86. The number of carbonyl (C=O) groups is 1. The van der Waals surface area contributed by atoms with E-state index in [0.717, 1.165) is 5.56 Å². The fourth-order valence-corrected chi connectivity index (χ4v) is 2.16. The maximum Gasteiger partial charge on any atom is 0.238 e. The molecule has 1 unspecified atom stereocenters. The Kier molecular flexibility index (Phi) is 5.27. The second-order valence-electron chi connectivity index (χ2n) is 5.11. The minimum atomic E-state index is -3.70. The lowest BCUT2D eigenvalue weighted by molar-refractivity contribution is -0.123. The number of amides is 1. The zero-order valence-electron chi connectivity index (χ0n) is 11.8. The number of nitrogens with one attached hydrogen (secondary N) is 1. The van der Waals surface area contributed by atoms with E-state index in [2.05, 4.69) is 5.32 Å². The van der Waals surface area contributed by atoms with Crippen LogP contribution in [0.1, 0.15) is 32.4 Å². The molecule has 6 nitrogen and oxygen atoms in total. The van der Waals surface area contributed by atoms with Gasteiger partial charge in [0.25, 0.3) is 0 Å². The molecule has 1 amide bonds. The van der Waals surface area contributed by atoms with Crippen LogP contribution < -0.4 is 16.2 Å². The summed E-state index contributed by atoms with van der Waals surface area (Å²) in [6.45, 7) is 5.54. The zero-order valence-corrected chi connectivity index (χ0v) is 12.6. The van der Waals surface area contributed by atoms with Gasteiger partial charge < -0.3 is 11.1 Å². The Morgan fingerprint density at radius 1 is 1.15 bits per heavy atom. The topological polar surface area (TPSA) is 115 Å². The maximum atomic E-state index is 11.8. The first-order valence-electron chi connectivity index (χ1n) is 6.31. The Morgan fingerprint density at radius 2 is 1.65 bits per heavy atom. The van der Waals surface area contributed by atoms with Gasteiger partial charge in [-0.1, -0.05) is 26.0 Å². The van der Waals surface area contributed by atoms with Crippen LogP contribution >= 0.6 is 0 Å². The summed E-state index contributed by atoms with van der Waals surface area (Å²) >= 11 is 0. The molecular weight excluding hydrogens is 278 g/mol. The number of rotatable bonds is 5. The Morgan fingerprint density at radius 3 is 2.05 bits per heavy atom. The minimum Gasteiger partial charge on any atom is -0.348 e.